The molecule has 9 nitrogen and oxygen atoms in total. The summed E-state index contributed by atoms with van der Waals surface area (Å²) in [7, 11) is 1.54. The van der Waals surface area contributed by atoms with E-state index in [1.165, 1.54) is 6.20 Å². The first-order valence-electron chi connectivity index (χ1n) is 10.8. The Balaban J connectivity index is 1.68. The highest BCUT2D eigenvalue weighted by Crippen LogP contribution is 2.29. The number of nitrogens with one attached hydrogen (secondary N) is 3. The van der Waals surface area contributed by atoms with Crippen molar-refractivity contribution in [3.05, 3.63) is 72.4 Å². The molecule has 0 fully saturated rings. The second-order valence-electron chi connectivity index (χ2n) is 8.12. The third-order valence-electron chi connectivity index (χ3n) is 5.52. The predicted molar refractivity (Wildman–Crippen MR) is 126 cm³/mol. The fourth-order valence-electron chi connectivity index (χ4n) is 3.79. The molecule has 0 saturated heterocycles. The zero-order valence-corrected chi connectivity index (χ0v) is 19.3. The molecule has 4 aromatic rings. The van der Waals surface area contributed by atoms with Crippen LogP contribution in [-0.4, -0.2) is 50.6 Å². The van der Waals surface area contributed by atoms with Crippen LogP contribution in [-0.2, 0) is 4.79 Å². The molecule has 0 saturated carbocycles. The second-order valence-corrected chi connectivity index (χ2v) is 8.12. The van der Waals surface area contributed by atoms with Gasteiger partial charge in [0.2, 0.25) is 0 Å². The minimum absolute atomic E-state index is 0.178. The largest absolute Gasteiger partial charge is 0.497 e. The van der Waals surface area contributed by atoms with Crippen LogP contribution in [0.1, 0.15) is 36.1 Å². The van der Waals surface area contributed by atoms with Crippen molar-refractivity contribution in [1.82, 2.24) is 25.1 Å². The molecule has 182 valence electrons. The van der Waals surface area contributed by atoms with Gasteiger partial charge in [0.15, 0.2) is 5.82 Å². The smallest absolute Gasteiger partial charge is 0.321 e. The number of halogens is 2. The highest BCUT2D eigenvalue weighted by Gasteiger charge is 2.35. The van der Waals surface area contributed by atoms with Crippen molar-refractivity contribution in [3.8, 4) is 5.75 Å². The summed E-state index contributed by atoms with van der Waals surface area (Å²) in [6.07, 6.45) is 4.64. The number of ether oxygens (including phenoxy) is 1. The van der Waals surface area contributed by atoms with Crippen LogP contribution in [0.5, 0.6) is 5.75 Å². The summed E-state index contributed by atoms with van der Waals surface area (Å²) in [6.45, 7) is 2.20. The Morgan fingerprint density at radius 2 is 1.91 bits per heavy atom. The highest BCUT2D eigenvalue weighted by atomic mass is 19.3. The summed E-state index contributed by atoms with van der Waals surface area (Å²) in [5, 5.41) is 10.4. The van der Waals surface area contributed by atoms with Gasteiger partial charge in [0.1, 0.15) is 5.75 Å². The average Bonchev–Trinajstić information content (AvgIpc) is 3.50. The van der Waals surface area contributed by atoms with Crippen molar-refractivity contribution < 1.29 is 23.1 Å². The lowest BCUT2D eigenvalue weighted by atomic mass is 9.99. The zero-order valence-electron chi connectivity index (χ0n) is 19.3. The fourth-order valence-corrected chi connectivity index (χ4v) is 3.79. The molecule has 35 heavy (non-hydrogen) atoms. The predicted octanol–water partition coefficient (Wildman–Crippen LogP) is 3.77. The van der Waals surface area contributed by atoms with Crippen LogP contribution >= 0.6 is 0 Å². The lowest BCUT2D eigenvalue weighted by molar-refractivity contribution is -0.143. The Morgan fingerprint density at radius 1 is 1.17 bits per heavy atom. The summed E-state index contributed by atoms with van der Waals surface area (Å²) in [4.78, 5) is 31.0. The number of amides is 2. The van der Waals surface area contributed by atoms with E-state index in [9.17, 15) is 18.4 Å². The summed E-state index contributed by atoms with van der Waals surface area (Å²) >= 11 is 0. The number of nitrogens with zero attached hydrogens (tertiary/aromatic N) is 3. The van der Waals surface area contributed by atoms with Crippen LogP contribution in [0.4, 0.5) is 14.5 Å². The van der Waals surface area contributed by atoms with Gasteiger partial charge in [-0.3, -0.25) is 14.3 Å². The van der Waals surface area contributed by atoms with E-state index in [4.69, 9.17) is 4.74 Å². The molecular formula is C24H24F2N6O3. The van der Waals surface area contributed by atoms with E-state index in [1.54, 1.807) is 73.6 Å². The normalized spacial score (nSPS) is 13.3. The number of alkyl halides is 2. The van der Waals surface area contributed by atoms with Crippen molar-refractivity contribution >= 4 is 28.4 Å². The summed E-state index contributed by atoms with van der Waals surface area (Å²) in [5.74, 6) is -4.48. The molecule has 0 unspecified atom stereocenters. The summed E-state index contributed by atoms with van der Waals surface area (Å²) in [6, 6.07) is 11.0. The van der Waals surface area contributed by atoms with Gasteiger partial charge < -0.3 is 20.4 Å². The van der Waals surface area contributed by atoms with Crippen molar-refractivity contribution in [2.75, 3.05) is 12.4 Å². The van der Waals surface area contributed by atoms with Gasteiger partial charge in [-0.2, -0.15) is 13.9 Å². The van der Waals surface area contributed by atoms with Gasteiger partial charge in [0.25, 0.3) is 11.8 Å². The fraction of sp³-hybridized carbons (Fsp3) is 0.250. The number of aromatic amines is 1. The molecule has 0 aliphatic carbocycles. The number of carbonyl (C=O) groups is 2. The molecule has 0 spiro atoms. The van der Waals surface area contributed by atoms with E-state index >= 15 is 0 Å². The van der Waals surface area contributed by atoms with E-state index in [1.807, 2.05) is 0 Å². The Bertz CT molecular complexity index is 1330. The van der Waals surface area contributed by atoms with E-state index < -0.39 is 29.8 Å². The number of hydrogen-bond acceptors (Lipinski definition) is 5. The monoisotopic (exact) mass is 482 g/mol. The number of hydrogen-bond donors (Lipinski definition) is 3. The summed E-state index contributed by atoms with van der Waals surface area (Å²) < 4.78 is 34.1. The minimum atomic E-state index is -3.52. The van der Waals surface area contributed by atoms with Crippen molar-refractivity contribution in [2.24, 2.45) is 0 Å². The first-order chi connectivity index (χ1) is 16.7. The van der Waals surface area contributed by atoms with Gasteiger partial charge >= 0.3 is 5.92 Å². The quantitative estimate of drug-likeness (QED) is 0.354. The molecule has 3 N–H and O–H groups in total. The molecule has 2 aromatic heterocycles. The van der Waals surface area contributed by atoms with Gasteiger partial charge in [0.05, 0.1) is 30.9 Å². The third kappa shape index (κ3) is 5.13. The Hall–Kier alpha value is -4.28. The maximum Gasteiger partial charge on any atom is 0.321 e. The standard InChI is InChI=1S/C24H24F2N6O3/c1-14(30-23(34)24(2,25)26)20(15-4-7-18(35-3)8-5-15)32-19-9-6-17(12-16(19)13-29-32)31-22(33)21-27-10-11-28-21/h4-14,20H,1-3H3,(H,27,28)(H,30,34)(H,31,33)/t14-,20-/m0/s1. The first kappa shape index (κ1) is 23.9. The molecule has 0 radical (unpaired) electrons. The topological polar surface area (TPSA) is 114 Å². The van der Waals surface area contributed by atoms with Crippen molar-refractivity contribution in [2.45, 2.75) is 31.9 Å². The molecule has 2 atom stereocenters. The zero-order chi connectivity index (χ0) is 25.2. The number of methoxy groups -OCH3 is 1. The maximum atomic E-state index is 13.6. The van der Waals surface area contributed by atoms with Gasteiger partial charge in [-0.25, -0.2) is 4.98 Å². The molecule has 2 amide bonds. The lowest BCUT2D eigenvalue weighted by Gasteiger charge is -2.27. The van der Waals surface area contributed by atoms with Gasteiger partial charge in [-0.05, 0) is 42.8 Å². The molecule has 2 aromatic carbocycles. The van der Waals surface area contributed by atoms with E-state index in [0.29, 0.717) is 29.3 Å². The minimum Gasteiger partial charge on any atom is -0.497 e. The number of aromatic nitrogens is 4. The van der Waals surface area contributed by atoms with Crippen LogP contribution in [0.2, 0.25) is 0 Å². The Labute approximate surface area is 199 Å². The van der Waals surface area contributed by atoms with Crippen LogP contribution in [0.15, 0.2) is 61.1 Å². The van der Waals surface area contributed by atoms with E-state index in [2.05, 4.69) is 25.7 Å². The number of fused-ring (bicyclic) bond motifs is 1. The van der Waals surface area contributed by atoms with E-state index in [-0.39, 0.29) is 5.82 Å². The summed E-state index contributed by atoms with van der Waals surface area (Å²) in [5.41, 5.74) is 1.95. The number of carbonyl (C=O) groups excluding carboxylic acids is 2. The Morgan fingerprint density at radius 3 is 2.54 bits per heavy atom. The molecule has 0 bridgehead atoms. The van der Waals surface area contributed by atoms with Crippen LogP contribution < -0.4 is 15.4 Å². The Kier molecular flexibility index (Phi) is 6.50. The van der Waals surface area contributed by atoms with E-state index in [0.717, 1.165) is 5.56 Å². The first-order valence-corrected chi connectivity index (χ1v) is 10.8. The number of anilines is 1. The molecule has 0 aliphatic heterocycles. The molecular weight excluding hydrogens is 458 g/mol. The number of rotatable bonds is 8. The molecule has 4 rings (SSSR count). The SMILES string of the molecule is COc1ccc([C@H]([C@H](C)NC(=O)C(C)(F)F)n2ncc3cc(NC(=O)c4ncc[nH]4)ccc32)cc1. The van der Waals surface area contributed by atoms with Crippen molar-refractivity contribution in [3.63, 3.8) is 0 Å². The molecule has 0 aliphatic rings. The number of benzene rings is 2. The molecule has 11 heteroatoms. The van der Waals surface area contributed by atoms with Gasteiger partial charge in [-0.15, -0.1) is 0 Å². The van der Waals surface area contributed by atoms with Gasteiger partial charge in [-0.1, -0.05) is 12.1 Å². The van der Waals surface area contributed by atoms with Gasteiger partial charge in [0, 0.05) is 30.4 Å². The lowest BCUT2D eigenvalue weighted by Crippen LogP contribution is -2.46. The third-order valence-corrected chi connectivity index (χ3v) is 5.52. The van der Waals surface area contributed by atoms with Crippen molar-refractivity contribution in [1.29, 1.82) is 0 Å². The molecule has 2 heterocycles. The van der Waals surface area contributed by atoms with Crippen LogP contribution in [0.3, 0.4) is 0 Å². The maximum absolute atomic E-state index is 13.6. The second kappa shape index (κ2) is 9.53. The van der Waals surface area contributed by atoms with Crippen LogP contribution in [0, 0.1) is 0 Å². The number of H-pyrrole nitrogens is 1. The number of imidazole rings is 1. The highest BCUT2D eigenvalue weighted by molar-refractivity contribution is 6.02. The average molecular weight is 482 g/mol. The van der Waals surface area contributed by atoms with Crippen LogP contribution in [0.25, 0.3) is 10.9 Å².